The molecule has 2 aromatic heterocycles. The van der Waals surface area contributed by atoms with Crippen molar-refractivity contribution in [1.82, 2.24) is 18.7 Å². The molecular formula is C23H31N5O4. The van der Waals surface area contributed by atoms with Crippen LogP contribution >= 0.6 is 0 Å². The van der Waals surface area contributed by atoms with Gasteiger partial charge in [-0.1, -0.05) is 26.0 Å². The number of rotatable bonds is 7. The zero-order valence-electron chi connectivity index (χ0n) is 19.0. The minimum Gasteiger partial charge on any atom is -0.497 e. The number of nitrogens with zero attached hydrogens (tertiary/aromatic N) is 4. The van der Waals surface area contributed by atoms with Crippen molar-refractivity contribution in [3.05, 3.63) is 50.7 Å². The summed E-state index contributed by atoms with van der Waals surface area (Å²) in [6.07, 6.45) is 2.02. The molecule has 1 saturated carbocycles. The van der Waals surface area contributed by atoms with Gasteiger partial charge in [0.05, 0.1) is 25.8 Å². The molecule has 1 fully saturated rings. The molecule has 0 amide bonds. The van der Waals surface area contributed by atoms with E-state index in [-0.39, 0.29) is 23.2 Å². The number of imidazole rings is 1. The largest absolute Gasteiger partial charge is 0.497 e. The first-order valence-electron chi connectivity index (χ1n) is 11.1. The van der Waals surface area contributed by atoms with Crippen LogP contribution in [0.25, 0.3) is 11.2 Å². The zero-order chi connectivity index (χ0) is 23.0. The Kier molecular flexibility index (Phi) is 6.10. The van der Waals surface area contributed by atoms with Gasteiger partial charge in [0.1, 0.15) is 5.75 Å². The number of nitrogens with one attached hydrogen (secondary N) is 1. The average Bonchev–Trinajstić information content (AvgIpc) is 3.34. The first-order chi connectivity index (χ1) is 15.3. The Labute approximate surface area is 186 Å². The van der Waals surface area contributed by atoms with Crippen molar-refractivity contribution in [3.63, 3.8) is 0 Å². The lowest BCUT2D eigenvalue weighted by Crippen LogP contribution is -2.39. The van der Waals surface area contributed by atoms with Gasteiger partial charge in [-0.15, -0.1) is 0 Å². The molecule has 2 atom stereocenters. The van der Waals surface area contributed by atoms with Crippen molar-refractivity contribution in [1.29, 1.82) is 0 Å². The van der Waals surface area contributed by atoms with Gasteiger partial charge in [0, 0.05) is 13.6 Å². The van der Waals surface area contributed by atoms with Crippen LogP contribution in [0.3, 0.4) is 0 Å². The molecule has 0 saturated heterocycles. The zero-order valence-corrected chi connectivity index (χ0v) is 19.0. The maximum absolute atomic E-state index is 13.2. The van der Waals surface area contributed by atoms with Gasteiger partial charge in [0.25, 0.3) is 5.56 Å². The number of aromatic nitrogens is 4. The Morgan fingerprint density at radius 1 is 1.19 bits per heavy atom. The fourth-order valence-electron chi connectivity index (χ4n) is 4.34. The Hall–Kier alpha value is -3.07. The van der Waals surface area contributed by atoms with Crippen LogP contribution < -0.4 is 21.3 Å². The summed E-state index contributed by atoms with van der Waals surface area (Å²) in [7, 11) is 3.12. The van der Waals surface area contributed by atoms with Gasteiger partial charge in [-0.05, 0) is 42.9 Å². The molecular weight excluding hydrogens is 410 g/mol. The number of fused-ring (bicyclic) bond motifs is 1. The molecule has 0 spiro atoms. The summed E-state index contributed by atoms with van der Waals surface area (Å²) in [5.74, 6) is 1.44. The normalized spacial score (nSPS) is 18.6. The monoisotopic (exact) mass is 441 g/mol. The summed E-state index contributed by atoms with van der Waals surface area (Å²) in [4.78, 5) is 30.8. The molecule has 1 aliphatic rings. The fourth-order valence-corrected chi connectivity index (χ4v) is 4.34. The fraction of sp³-hybridized carbons (Fsp3) is 0.522. The Morgan fingerprint density at radius 3 is 2.50 bits per heavy atom. The van der Waals surface area contributed by atoms with Crippen LogP contribution in [0.5, 0.6) is 5.75 Å². The third-order valence-corrected chi connectivity index (χ3v) is 6.07. The van der Waals surface area contributed by atoms with Gasteiger partial charge >= 0.3 is 5.69 Å². The Balaban J connectivity index is 1.90. The topological polar surface area (TPSA) is 103 Å². The van der Waals surface area contributed by atoms with Gasteiger partial charge in [-0.25, -0.2) is 4.79 Å². The highest BCUT2D eigenvalue weighted by molar-refractivity contribution is 5.74. The van der Waals surface area contributed by atoms with Gasteiger partial charge < -0.3 is 15.2 Å². The van der Waals surface area contributed by atoms with E-state index in [9.17, 15) is 14.7 Å². The summed E-state index contributed by atoms with van der Waals surface area (Å²) in [6, 6.07) is 7.47. The highest BCUT2D eigenvalue weighted by atomic mass is 16.5. The third kappa shape index (κ3) is 4.04. The van der Waals surface area contributed by atoms with Gasteiger partial charge in [-0.3, -0.25) is 18.5 Å². The van der Waals surface area contributed by atoms with Crippen LogP contribution in [0, 0.1) is 5.92 Å². The minimum absolute atomic E-state index is 0.143. The number of benzene rings is 1. The second-order valence-corrected chi connectivity index (χ2v) is 8.94. The van der Waals surface area contributed by atoms with Crippen molar-refractivity contribution >= 4 is 17.1 Å². The molecule has 0 aliphatic heterocycles. The number of aliphatic hydroxyl groups is 1. The van der Waals surface area contributed by atoms with Gasteiger partial charge in [0.2, 0.25) is 5.95 Å². The molecule has 4 rings (SSSR count). The summed E-state index contributed by atoms with van der Waals surface area (Å²) in [5, 5.41) is 13.7. The first kappa shape index (κ1) is 22.1. The molecule has 0 unspecified atom stereocenters. The summed E-state index contributed by atoms with van der Waals surface area (Å²) in [6.45, 7) is 4.88. The smallest absolute Gasteiger partial charge is 0.332 e. The molecule has 2 N–H and O–H groups in total. The number of anilines is 1. The number of methoxy groups -OCH3 is 1. The van der Waals surface area contributed by atoms with E-state index in [1.54, 1.807) is 11.7 Å². The van der Waals surface area contributed by atoms with E-state index >= 15 is 0 Å². The summed E-state index contributed by atoms with van der Waals surface area (Å²) < 4.78 is 9.78. The van der Waals surface area contributed by atoms with Gasteiger partial charge in [-0.2, -0.15) is 4.98 Å². The molecule has 9 nitrogen and oxygen atoms in total. The highest BCUT2D eigenvalue weighted by Crippen LogP contribution is 2.26. The molecule has 9 heteroatoms. The van der Waals surface area contributed by atoms with E-state index < -0.39 is 6.10 Å². The highest BCUT2D eigenvalue weighted by Gasteiger charge is 2.28. The Morgan fingerprint density at radius 2 is 1.91 bits per heavy atom. The van der Waals surface area contributed by atoms with Crippen molar-refractivity contribution in [2.75, 3.05) is 12.4 Å². The molecule has 1 aliphatic carbocycles. The molecule has 1 aromatic carbocycles. The quantitative estimate of drug-likeness (QED) is 0.581. The number of hydrogen-bond acceptors (Lipinski definition) is 6. The number of aliphatic hydroxyl groups excluding tert-OH is 1. The van der Waals surface area contributed by atoms with Crippen molar-refractivity contribution in [3.8, 4) is 5.75 Å². The maximum atomic E-state index is 13.2. The van der Waals surface area contributed by atoms with Crippen LogP contribution in [-0.4, -0.2) is 43.0 Å². The summed E-state index contributed by atoms with van der Waals surface area (Å²) in [5.41, 5.74) is 0.946. The predicted octanol–water partition coefficient (Wildman–Crippen LogP) is 1.93. The van der Waals surface area contributed by atoms with Crippen LogP contribution in [0.1, 0.15) is 38.7 Å². The molecule has 2 heterocycles. The lowest BCUT2D eigenvalue weighted by atomic mass is 10.2. The lowest BCUT2D eigenvalue weighted by molar-refractivity contribution is 0.171. The molecule has 0 bridgehead atoms. The standard InChI is InChI=1S/C23H31N5O4/c1-14(2)12-28-20-19(21(30)26(3)23(28)31)27(13-15-8-10-16(32-4)11-9-15)22(25-20)24-17-6-5-7-18(17)29/h8-11,14,17-18,29H,5-7,12-13H2,1-4H3,(H,24,25)/t17-,18+/m1/s1. The third-order valence-electron chi connectivity index (χ3n) is 6.07. The van der Waals surface area contributed by atoms with Crippen molar-refractivity contribution < 1.29 is 9.84 Å². The maximum Gasteiger partial charge on any atom is 0.332 e. The number of hydrogen-bond donors (Lipinski definition) is 2. The number of ether oxygens (including phenoxy) is 1. The molecule has 3 aromatic rings. The SMILES string of the molecule is COc1ccc(Cn2c(N[C@@H]3CCC[C@@H]3O)nc3c2c(=O)n(C)c(=O)n3CC(C)C)cc1. The van der Waals surface area contributed by atoms with Crippen LogP contribution in [0.4, 0.5) is 5.95 Å². The second kappa shape index (κ2) is 8.82. The lowest BCUT2D eigenvalue weighted by Gasteiger charge is -2.18. The molecule has 0 radical (unpaired) electrons. The van der Waals surface area contributed by atoms with Crippen molar-refractivity contribution in [2.24, 2.45) is 13.0 Å². The second-order valence-electron chi connectivity index (χ2n) is 8.94. The molecule has 32 heavy (non-hydrogen) atoms. The van der Waals surface area contributed by atoms with Crippen molar-refractivity contribution in [2.45, 2.75) is 58.3 Å². The Bertz CT molecular complexity index is 1220. The van der Waals surface area contributed by atoms with E-state index in [0.717, 1.165) is 35.1 Å². The summed E-state index contributed by atoms with van der Waals surface area (Å²) >= 11 is 0. The van der Waals surface area contributed by atoms with Gasteiger partial charge in [0.15, 0.2) is 11.2 Å². The van der Waals surface area contributed by atoms with E-state index in [4.69, 9.17) is 9.72 Å². The van der Waals surface area contributed by atoms with Crippen LogP contribution in [0.2, 0.25) is 0 Å². The van der Waals surface area contributed by atoms with E-state index in [0.29, 0.717) is 30.2 Å². The van der Waals surface area contributed by atoms with E-state index in [1.165, 1.54) is 7.05 Å². The van der Waals surface area contributed by atoms with E-state index in [2.05, 4.69) is 5.32 Å². The molecule has 172 valence electrons. The van der Waals surface area contributed by atoms with Crippen LogP contribution in [-0.2, 0) is 20.1 Å². The van der Waals surface area contributed by atoms with E-state index in [1.807, 2.05) is 42.7 Å². The minimum atomic E-state index is -0.468. The van der Waals surface area contributed by atoms with Crippen LogP contribution in [0.15, 0.2) is 33.9 Å². The predicted molar refractivity (Wildman–Crippen MR) is 123 cm³/mol. The first-order valence-corrected chi connectivity index (χ1v) is 11.1. The average molecular weight is 442 g/mol.